The van der Waals surface area contributed by atoms with Gasteiger partial charge in [0.25, 0.3) is 0 Å². The van der Waals surface area contributed by atoms with Crippen LogP contribution in [-0.4, -0.2) is 23.0 Å². The second-order valence-corrected chi connectivity index (χ2v) is 6.72. The number of nitrogens with zero attached hydrogens (tertiary/aromatic N) is 2. The lowest BCUT2D eigenvalue weighted by atomic mass is 9.84. The molecule has 1 aliphatic rings. The Kier molecular flexibility index (Phi) is 3.50. The van der Waals surface area contributed by atoms with E-state index >= 15 is 0 Å². The predicted molar refractivity (Wildman–Crippen MR) is 88.3 cm³/mol. The van der Waals surface area contributed by atoms with Crippen molar-refractivity contribution in [2.24, 2.45) is 5.73 Å². The van der Waals surface area contributed by atoms with Crippen molar-refractivity contribution < 1.29 is 0 Å². The molecule has 1 aliphatic heterocycles. The predicted octanol–water partition coefficient (Wildman–Crippen LogP) is 3.12. The van der Waals surface area contributed by atoms with Gasteiger partial charge in [-0.15, -0.1) is 0 Å². The van der Waals surface area contributed by atoms with Crippen molar-refractivity contribution in [2.75, 3.05) is 13.1 Å². The van der Waals surface area contributed by atoms with Gasteiger partial charge < -0.3 is 5.73 Å². The Balaban J connectivity index is 2.34. The van der Waals surface area contributed by atoms with Crippen LogP contribution in [0.2, 0.25) is 0 Å². The standard InChI is InChI=1S/C18H25N3/c1-5-21-10-9-15-14(11-21)16(18(3,4)19)13-8-6-7-12(2)17(13)20-15/h6-8H,5,9-11,19H2,1-4H3. The summed E-state index contributed by atoms with van der Waals surface area (Å²) in [6, 6.07) is 6.42. The van der Waals surface area contributed by atoms with Gasteiger partial charge in [-0.3, -0.25) is 9.88 Å². The van der Waals surface area contributed by atoms with Crippen LogP contribution in [0, 0.1) is 6.92 Å². The number of nitrogens with two attached hydrogens (primary N) is 1. The first-order valence-electron chi connectivity index (χ1n) is 7.84. The van der Waals surface area contributed by atoms with E-state index in [0.717, 1.165) is 31.6 Å². The number of hydrogen-bond donors (Lipinski definition) is 1. The smallest absolute Gasteiger partial charge is 0.0738 e. The highest BCUT2D eigenvalue weighted by atomic mass is 15.1. The Morgan fingerprint density at radius 1 is 1.33 bits per heavy atom. The first kappa shape index (κ1) is 14.5. The molecule has 2 aromatic rings. The summed E-state index contributed by atoms with van der Waals surface area (Å²) >= 11 is 0. The summed E-state index contributed by atoms with van der Waals surface area (Å²) < 4.78 is 0. The molecule has 1 aromatic carbocycles. The molecule has 0 saturated heterocycles. The van der Waals surface area contributed by atoms with Crippen LogP contribution in [0.3, 0.4) is 0 Å². The van der Waals surface area contributed by atoms with E-state index in [4.69, 9.17) is 10.7 Å². The first-order chi connectivity index (χ1) is 9.91. The van der Waals surface area contributed by atoms with Crippen molar-refractivity contribution in [3.05, 3.63) is 40.6 Å². The molecule has 1 aromatic heterocycles. The van der Waals surface area contributed by atoms with E-state index in [-0.39, 0.29) is 5.54 Å². The van der Waals surface area contributed by atoms with E-state index in [1.807, 2.05) is 0 Å². The lowest BCUT2D eigenvalue weighted by Gasteiger charge is -2.33. The highest BCUT2D eigenvalue weighted by Crippen LogP contribution is 2.34. The van der Waals surface area contributed by atoms with Crippen LogP contribution >= 0.6 is 0 Å². The van der Waals surface area contributed by atoms with Crippen molar-refractivity contribution in [3.8, 4) is 0 Å². The lowest BCUT2D eigenvalue weighted by Crippen LogP contribution is -2.37. The van der Waals surface area contributed by atoms with Gasteiger partial charge >= 0.3 is 0 Å². The Labute approximate surface area is 127 Å². The third kappa shape index (κ3) is 2.45. The largest absolute Gasteiger partial charge is 0.322 e. The van der Waals surface area contributed by atoms with Gasteiger partial charge in [-0.1, -0.05) is 25.1 Å². The molecule has 0 fully saturated rings. The SMILES string of the molecule is CCN1CCc2nc3c(C)cccc3c(C(C)(C)N)c2C1. The summed E-state index contributed by atoms with van der Waals surface area (Å²) in [5, 5.41) is 1.22. The molecule has 0 saturated carbocycles. The van der Waals surface area contributed by atoms with Crippen molar-refractivity contribution in [3.63, 3.8) is 0 Å². The average Bonchev–Trinajstić information content (AvgIpc) is 2.43. The van der Waals surface area contributed by atoms with Crippen LogP contribution in [0.15, 0.2) is 18.2 Å². The maximum Gasteiger partial charge on any atom is 0.0738 e. The maximum atomic E-state index is 6.54. The molecule has 0 radical (unpaired) electrons. The third-order valence-corrected chi connectivity index (χ3v) is 4.54. The number of aromatic nitrogens is 1. The van der Waals surface area contributed by atoms with Crippen molar-refractivity contribution in [1.29, 1.82) is 0 Å². The molecule has 2 heterocycles. The summed E-state index contributed by atoms with van der Waals surface area (Å²) in [5.74, 6) is 0. The molecule has 0 amide bonds. The molecule has 0 unspecified atom stereocenters. The molecular formula is C18H25N3. The number of hydrogen-bond acceptors (Lipinski definition) is 3. The molecule has 0 spiro atoms. The Morgan fingerprint density at radius 2 is 2.10 bits per heavy atom. The van der Waals surface area contributed by atoms with E-state index in [0.29, 0.717) is 0 Å². The number of fused-ring (bicyclic) bond motifs is 2. The van der Waals surface area contributed by atoms with Gasteiger partial charge in [0.15, 0.2) is 0 Å². The maximum absolute atomic E-state index is 6.54. The molecule has 0 bridgehead atoms. The summed E-state index contributed by atoms with van der Waals surface area (Å²) in [6.07, 6.45) is 1.02. The average molecular weight is 283 g/mol. The first-order valence-corrected chi connectivity index (χ1v) is 7.84. The zero-order chi connectivity index (χ0) is 15.2. The van der Waals surface area contributed by atoms with Crippen LogP contribution in [0.25, 0.3) is 10.9 Å². The molecule has 112 valence electrons. The van der Waals surface area contributed by atoms with Gasteiger partial charge in [-0.2, -0.15) is 0 Å². The summed E-state index contributed by atoms with van der Waals surface area (Å²) in [5.41, 5.74) is 12.4. The van der Waals surface area contributed by atoms with Gasteiger partial charge in [-0.05, 0) is 44.0 Å². The van der Waals surface area contributed by atoms with Gasteiger partial charge in [0.2, 0.25) is 0 Å². The van der Waals surface area contributed by atoms with Crippen LogP contribution in [0.1, 0.15) is 43.2 Å². The Hall–Kier alpha value is -1.45. The minimum Gasteiger partial charge on any atom is -0.322 e. The van der Waals surface area contributed by atoms with Crippen molar-refractivity contribution in [2.45, 2.75) is 46.2 Å². The van der Waals surface area contributed by atoms with Gasteiger partial charge in [0, 0.05) is 36.1 Å². The summed E-state index contributed by atoms with van der Waals surface area (Å²) in [4.78, 5) is 7.45. The molecule has 21 heavy (non-hydrogen) atoms. The number of aryl methyl sites for hydroxylation is 1. The molecular weight excluding hydrogens is 258 g/mol. The normalized spacial score (nSPS) is 16.2. The lowest BCUT2D eigenvalue weighted by molar-refractivity contribution is 0.263. The summed E-state index contributed by atoms with van der Waals surface area (Å²) in [6.45, 7) is 11.7. The highest BCUT2D eigenvalue weighted by molar-refractivity contribution is 5.87. The third-order valence-electron chi connectivity index (χ3n) is 4.54. The van der Waals surface area contributed by atoms with Crippen LogP contribution in [0.4, 0.5) is 0 Å². The molecule has 0 atom stereocenters. The second kappa shape index (κ2) is 5.08. The van der Waals surface area contributed by atoms with Gasteiger partial charge in [0.1, 0.15) is 0 Å². The zero-order valence-electron chi connectivity index (χ0n) is 13.5. The topological polar surface area (TPSA) is 42.2 Å². The van der Waals surface area contributed by atoms with E-state index in [9.17, 15) is 0 Å². The van der Waals surface area contributed by atoms with E-state index in [2.05, 4.69) is 50.8 Å². The monoisotopic (exact) mass is 283 g/mol. The van der Waals surface area contributed by atoms with Crippen molar-refractivity contribution in [1.82, 2.24) is 9.88 Å². The molecule has 3 heteroatoms. The number of pyridine rings is 1. The number of para-hydroxylation sites is 1. The minimum atomic E-state index is -0.351. The quantitative estimate of drug-likeness (QED) is 0.921. The summed E-state index contributed by atoms with van der Waals surface area (Å²) in [7, 11) is 0. The van der Waals surface area contributed by atoms with Crippen LogP contribution < -0.4 is 5.73 Å². The van der Waals surface area contributed by atoms with E-state index < -0.39 is 0 Å². The number of likely N-dealkylation sites (N-methyl/N-ethyl adjacent to an activating group) is 1. The highest BCUT2D eigenvalue weighted by Gasteiger charge is 2.28. The second-order valence-electron chi connectivity index (χ2n) is 6.72. The fourth-order valence-electron chi connectivity index (χ4n) is 3.47. The van der Waals surface area contributed by atoms with E-state index in [1.165, 1.54) is 27.8 Å². The van der Waals surface area contributed by atoms with Crippen LogP contribution in [0.5, 0.6) is 0 Å². The molecule has 2 N–H and O–H groups in total. The zero-order valence-corrected chi connectivity index (χ0v) is 13.5. The Morgan fingerprint density at radius 3 is 2.76 bits per heavy atom. The van der Waals surface area contributed by atoms with Crippen LogP contribution in [-0.2, 0) is 18.5 Å². The molecule has 3 rings (SSSR count). The Bertz CT molecular complexity index is 683. The molecule has 3 nitrogen and oxygen atoms in total. The fraction of sp³-hybridized carbons (Fsp3) is 0.500. The van der Waals surface area contributed by atoms with E-state index in [1.54, 1.807) is 0 Å². The molecule has 0 aliphatic carbocycles. The fourth-order valence-corrected chi connectivity index (χ4v) is 3.47. The van der Waals surface area contributed by atoms with Crippen molar-refractivity contribution >= 4 is 10.9 Å². The number of benzene rings is 1. The minimum absolute atomic E-state index is 0.351. The van der Waals surface area contributed by atoms with Gasteiger partial charge in [0.05, 0.1) is 5.52 Å². The van der Waals surface area contributed by atoms with Gasteiger partial charge in [-0.25, -0.2) is 0 Å². The number of rotatable bonds is 2.